The zero-order valence-electron chi connectivity index (χ0n) is 33.4. The van der Waals surface area contributed by atoms with E-state index in [2.05, 4.69) is 26.3 Å². The van der Waals surface area contributed by atoms with Crippen LogP contribution >= 0.6 is 11.8 Å². The maximum Gasteiger partial charge on any atom is 0.410 e. The number of imide groups is 2. The predicted octanol–water partition coefficient (Wildman–Crippen LogP) is 5.26. The summed E-state index contributed by atoms with van der Waals surface area (Å²) < 4.78 is 5.51. The first-order valence-corrected chi connectivity index (χ1v) is 21.2. The number of piperidine rings is 2. The maximum absolute atomic E-state index is 13.3. The summed E-state index contributed by atoms with van der Waals surface area (Å²) in [6.07, 6.45) is 8.69. The van der Waals surface area contributed by atoms with Crippen LogP contribution in [0.4, 0.5) is 10.5 Å². The van der Waals surface area contributed by atoms with Crippen molar-refractivity contribution in [1.82, 2.24) is 25.8 Å². The minimum Gasteiger partial charge on any atom is -0.444 e. The van der Waals surface area contributed by atoms with Gasteiger partial charge in [0.05, 0.1) is 22.4 Å². The van der Waals surface area contributed by atoms with Crippen LogP contribution in [-0.2, 0) is 14.3 Å². The lowest BCUT2D eigenvalue weighted by atomic mass is 10.0. The highest BCUT2D eigenvalue weighted by atomic mass is 32.2. The van der Waals surface area contributed by atoms with Gasteiger partial charge in [0.1, 0.15) is 11.6 Å². The van der Waals surface area contributed by atoms with Crippen LogP contribution in [0, 0.1) is 0 Å². The molecule has 2 saturated heterocycles. The van der Waals surface area contributed by atoms with Gasteiger partial charge in [0.2, 0.25) is 11.8 Å². The SMILES string of the molecule is CC(C)(C)OC(=O)N1CCC2N=C(NC(=O)c3ccc(C(=O)NCCCCCCCCCCNc4cccc5c4C(=O)N(C4CCC(=O)NC4=O)C5=O)cc3)SC2C1. The maximum atomic E-state index is 13.3. The van der Waals surface area contributed by atoms with Crippen molar-refractivity contribution >= 4 is 64.2 Å². The van der Waals surface area contributed by atoms with Crippen molar-refractivity contribution in [2.24, 2.45) is 4.99 Å². The molecule has 0 bridgehead atoms. The summed E-state index contributed by atoms with van der Waals surface area (Å²) in [4.78, 5) is 95.7. The van der Waals surface area contributed by atoms with Gasteiger partial charge in [-0.2, -0.15) is 0 Å². The second kappa shape index (κ2) is 19.0. The molecule has 2 aromatic rings. The zero-order valence-corrected chi connectivity index (χ0v) is 34.2. The number of nitrogens with one attached hydrogen (secondary N) is 4. The van der Waals surface area contributed by atoms with Crippen LogP contribution in [0.15, 0.2) is 47.5 Å². The molecule has 3 unspecified atom stereocenters. The molecule has 4 N–H and O–H groups in total. The molecule has 0 aromatic heterocycles. The van der Waals surface area contributed by atoms with Crippen molar-refractivity contribution in [3.8, 4) is 0 Å². The highest BCUT2D eigenvalue weighted by molar-refractivity contribution is 8.14. The Bertz CT molecular complexity index is 1950. The number of aliphatic imine (C=N–C) groups is 1. The summed E-state index contributed by atoms with van der Waals surface area (Å²) in [6, 6.07) is 10.7. The van der Waals surface area contributed by atoms with E-state index in [1.54, 1.807) is 47.4 Å². The van der Waals surface area contributed by atoms with Gasteiger partial charge in [-0.1, -0.05) is 56.4 Å². The molecule has 0 spiro atoms. The highest BCUT2D eigenvalue weighted by Gasteiger charge is 2.45. The third kappa shape index (κ3) is 10.6. The number of benzene rings is 2. The molecular formula is C42H53N7O8S. The molecule has 0 aliphatic carbocycles. The van der Waals surface area contributed by atoms with Crippen LogP contribution in [0.5, 0.6) is 0 Å². The molecule has 15 nitrogen and oxygen atoms in total. The number of likely N-dealkylation sites (tertiary alicyclic amines) is 1. The van der Waals surface area contributed by atoms with Crippen LogP contribution in [-0.4, -0.2) is 106 Å². The third-order valence-corrected chi connectivity index (χ3v) is 11.7. The molecule has 0 saturated carbocycles. The molecule has 7 amide bonds. The Labute approximate surface area is 342 Å². The van der Waals surface area contributed by atoms with Crippen molar-refractivity contribution in [3.05, 3.63) is 64.7 Å². The summed E-state index contributed by atoms with van der Waals surface area (Å²) >= 11 is 1.46. The van der Waals surface area contributed by atoms with Gasteiger partial charge >= 0.3 is 6.09 Å². The monoisotopic (exact) mass is 815 g/mol. The number of hydrogen-bond acceptors (Lipinski definition) is 11. The average molecular weight is 816 g/mol. The molecule has 0 radical (unpaired) electrons. The first kappa shape index (κ1) is 42.4. The normalized spacial score (nSPS) is 20.3. The summed E-state index contributed by atoms with van der Waals surface area (Å²) in [5, 5.41) is 12.0. The number of fused-ring (bicyclic) bond motifs is 2. The number of unbranched alkanes of at least 4 members (excludes halogenated alkanes) is 7. The summed E-state index contributed by atoms with van der Waals surface area (Å²) in [6.45, 7) is 7.80. The molecule has 4 aliphatic rings. The number of hydrogen-bond donors (Lipinski definition) is 4. The Morgan fingerprint density at radius 3 is 2.17 bits per heavy atom. The van der Waals surface area contributed by atoms with Gasteiger partial charge in [-0.25, -0.2) is 4.79 Å². The van der Waals surface area contributed by atoms with Crippen LogP contribution in [0.1, 0.15) is 133 Å². The minimum absolute atomic E-state index is 0.0309. The largest absolute Gasteiger partial charge is 0.444 e. The van der Waals surface area contributed by atoms with E-state index in [9.17, 15) is 33.6 Å². The van der Waals surface area contributed by atoms with Crippen molar-refractivity contribution < 1.29 is 38.3 Å². The van der Waals surface area contributed by atoms with E-state index in [4.69, 9.17) is 4.74 Å². The fraction of sp³-hybridized carbons (Fsp3) is 0.524. The Hall–Kier alpha value is -5.25. The van der Waals surface area contributed by atoms with Gasteiger partial charge < -0.3 is 25.6 Å². The topological polar surface area (TPSA) is 196 Å². The van der Waals surface area contributed by atoms with E-state index < -0.39 is 35.3 Å². The second-order valence-corrected chi connectivity index (χ2v) is 17.3. The number of nitrogens with zero attached hydrogens (tertiary/aromatic N) is 3. The number of thioether (sulfide) groups is 1. The Kier molecular flexibility index (Phi) is 13.9. The average Bonchev–Trinajstić information content (AvgIpc) is 3.70. The molecule has 16 heteroatoms. The number of amides is 7. The Morgan fingerprint density at radius 2 is 1.50 bits per heavy atom. The van der Waals surface area contributed by atoms with E-state index in [0.717, 1.165) is 56.3 Å². The van der Waals surface area contributed by atoms with E-state index in [0.29, 0.717) is 54.6 Å². The summed E-state index contributed by atoms with van der Waals surface area (Å²) in [7, 11) is 0. The standard InChI is InChI=1S/C42H53N7O8S/c1-42(2,3)57-41(56)48-24-21-29-32(25-48)58-40(45-29)47-36(52)27-17-15-26(16-18-27)35(51)44-23-11-9-7-5-4-6-8-10-22-43-30-14-12-13-28-34(30)39(55)49(38(28)54)31-19-20-33(50)46-37(31)53/h12-18,29,31-32,43H,4-11,19-25H2,1-3H3,(H,44,51)(H,45,47,52)(H,46,50,53). The lowest BCUT2D eigenvalue weighted by Crippen LogP contribution is -2.54. The molecular weight excluding hydrogens is 763 g/mol. The molecule has 3 atom stereocenters. The van der Waals surface area contributed by atoms with Gasteiger partial charge in [-0.15, -0.1) is 0 Å². The van der Waals surface area contributed by atoms with Crippen LogP contribution < -0.4 is 21.3 Å². The zero-order chi connectivity index (χ0) is 41.4. The van der Waals surface area contributed by atoms with Gasteiger partial charge in [-0.05, 0) is 82.9 Å². The number of anilines is 1. The molecule has 4 heterocycles. The van der Waals surface area contributed by atoms with Crippen molar-refractivity contribution in [3.63, 3.8) is 0 Å². The number of amidine groups is 1. The van der Waals surface area contributed by atoms with E-state index in [1.807, 2.05) is 20.8 Å². The lowest BCUT2D eigenvalue weighted by Gasteiger charge is -2.34. The van der Waals surface area contributed by atoms with E-state index in [1.165, 1.54) is 11.8 Å². The minimum atomic E-state index is -0.989. The molecule has 6 rings (SSSR count). The first-order chi connectivity index (χ1) is 27.8. The fourth-order valence-corrected chi connectivity index (χ4v) is 8.73. The third-order valence-electron chi connectivity index (χ3n) is 10.5. The van der Waals surface area contributed by atoms with Crippen LogP contribution in [0.3, 0.4) is 0 Å². The smallest absolute Gasteiger partial charge is 0.410 e. The highest BCUT2D eigenvalue weighted by Crippen LogP contribution is 2.34. The lowest BCUT2D eigenvalue weighted by molar-refractivity contribution is -0.136. The predicted molar refractivity (Wildman–Crippen MR) is 220 cm³/mol. The number of ether oxygens (including phenoxy) is 1. The number of carbonyl (C=O) groups excluding carboxylic acids is 7. The van der Waals surface area contributed by atoms with Gasteiger partial charge in [-0.3, -0.25) is 44.0 Å². The number of rotatable bonds is 15. The quantitative estimate of drug-likeness (QED) is 0.136. The Balaban J connectivity index is 0.803. The van der Waals surface area contributed by atoms with Crippen LogP contribution in [0.25, 0.3) is 0 Å². The molecule has 2 aromatic carbocycles. The first-order valence-electron chi connectivity index (χ1n) is 20.3. The summed E-state index contributed by atoms with van der Waals surface area (Å²) in [5.41, 5.74) is 1.46. The van der Waals surface area contributed by atoms with Crippen molar-refractivity contribution in [2.75, 3.05) is 31.5 Å². The van der Waals surface area contributed by atoms with Crippen molar-refractivity contribution in [2.45, 2.75) is 114 Å². The van der Waals surface area contributed by atoms with Gasteiger partial charge in [0, 0.05) is 49.4 Å². The van der Waals surface area contributed by atoms with Gasteiger partial charge in [0.15, 0.2) is 5.17 Å². The molecule has 310 valence electrons. The molecule has 4 aliphatic heterocycles. The van der Waals surface area contributed by atoms with Gasteiger partial charge in [0.25, 0.3) is 23.6 Å². The summed E-state index contributed by atoms with van der Waals surface area (Å²) in [5.74, 6) is -2.54. The Morgan fingerprint density at radius 1 is 0.845 bits per heavy atom. The van der Waals surface area contributed by atoms with Crippen LogP contribution in [0.2, 0.25) is 0 Å². The molecule has 2 fully saturated rings. The van der Waals surface area contributed by atoms with Crippen molar-refractivity contribution in [1.29, 1.82) is 0 Å². The second-order valence-electron chi connectivity index (χ2n) is 16.1. The number of carbonyl (C=O) groups is 7. The van der Waals surface area contributed by atoms with E-state index in [-0.39, 0.29) is 53.2 Å². The van der Waals surface area contributed by atoms with E-state index >= 15 is 0 Å². The fourth-order valence-electron chi connectivity index (χ4n) is 7.49. The molecule has 58 heavy (non-hydrogen) atoms.